The number of aromatic nitrogens is 4. The van der Waals surface area contributed by atoms with Crippen LogP contribution < -0.4 is 11.1 Å². The number of carbonyl (C=O) groups excluding carboxylic acids is 1. The minimum Gasteiger partial charge on any atom is -0.361 e. The normalized spacial score (nSPS) is 12.6. The first kappa shape index (κ1) is 14.2. The molecule has 0 bridgehead atoms. The quantitative estimate of drug-likeness (QED) is 0.778. The van der Waals surface area contributed by atoms with Gasteiger partial charge in [0.15, 0.2) is 5.82 Å². The molecule has 1 amide bonds. The molecule has 0 saturated carbocycles. The van der Waals surface area contributed by atoms with Crippen molar-refractivity contribution in [1.29, 1.82) is 0 Å². The highest BCUT2D eigenvalue weighted by Crippen LogP contribution is 2.03. The van der Waals surface area contributed by atoms with Crippen molar-refractivity contribution in [1.82, 2.24) is 25.2 Å². The van der Waals surface area contributed by atoms with E-state index in [0.29, 0.717) is 12.4 Å². The van der Waals surface area contributed by atoms with Gasteiger partial charge in [-0.15, -0.1) is 0 Å². The molecule has 0 aliphatic heterocycles. The van der Waals surface area contributed by atoms with E-state index < -0.39 is 5.91 Å². The molecule has 3 N–H and O–H groups in total. The summed E-state index contributed by atoms with van der Waals surface area (Å²) in [4.78, 5) is 14.7. The van der Waals surface area contributed by atoms with E-state index in [1.807, 2.05) is 31.5 Å². The number of carbonyl (C=O) groups is 1. The second-order valence-electron chi connectivity index (χ2n) is 4.77. The van der Waals surface area contributed by atoms with Crippen molar-refractivity contribution < 1.29 is 9.32 Å². The second kappa shape index (κ2) is 5.83. The summed E-state index contributed by atoms with van der Waals surface area (Å²) in [5.74, 6) is -0.494. The Labute approximate surface area is 116 Å². The van der Waals surface area contributed by atoms with Crippen LogP contribution in [-0.4, -0.2) is 31.9 Å². The Hall–Kier alpha value is -2.22. The van der Waals surface area contributed by atoms with Crippen LogP contribution in [0.1, 0.15) is 34.8 Å². The van der Waals surface area contributed by atoms with Gasteiger partial charge in [0.05, 0.1) is 18.8 Å². The zero-order valence-electron chi connectivity index (χ0n) is 11.8. The fourth-order valence-electron chi connectivity index (χ4n) is 1.88. The Morgan fingerprint density at radius 1 is 1.55 bits per heavy atom. The molecular formula is C12H18N6O2. The number of nitrogens with zero attached hydrogens (tertiary/aromatic N) is 4. The number of nitrogens with one attached hydrogen (secondary N) is 1. The number of nitrogens with two attached hydrogens (primary N) is 1. The fraction of sp³-hybridized carbons (Fsp3) is 0.500. The third kappa shape index (κ3) is 3.41. The number of hydrogen-bond acceptors (Lipinski definition) is 6. The van der Waals surface area contributed by atoms with Crippen molar-refractivity contribution in [3.05, 3.63) is 29.2 Å². The summed E-state index contributed by atoms with van der Waals surface area (Å²) in [5.41, 5.74) is 7.15. The van der Waals surface area contributed by atoms with E-state index in [0.717, 1.165) is 17.9 Å². The van der Waals surface area contributed by atoms with E-state index in [1.54, 1.807) is 0 Å². The molecule has 2 heterocycles. The van der Waals surface area contributed by atoms with Crippen LogP contribution in [0.3, 0.4) is 0 Å². The second-order valence-corrected chi connectivity index (χ2v) is 4.77. The number of primary amides is 1. The maximum atomic E-state index is 10.8. The predicted octanol–water partition coefficient (Wildman–Crippen LogP) is 0.160. The predicted molar refractivity (Wildman–Crippen MR) is 70.8 cm³/mol. The molecule has 8 heteroatoms. The van der Waals surface area contributed by atoms with Gasteiger partial charge in [-0.3, -0.25) is 9.48 Å². The van der Waals surface area contributed by atoms with E-state index in [2.05, 4.69) is 20.6 Å². The molecule has 0 saturated heterocycles. The minimum absolute atomic E-state index is 0.170. The third-order valence-electron chi connectivity index (χ3n) is 2.84. The van der Waals surface area contributed by atoms with E-state index in [4.69, 9.17) is 10.3 Å². The Balaban J connectivity index is 1.87. The largest absolute Gasteiger partial charge is 0.361 e. The van der Waals surface area contributed by atoms with Crippen LogP contribution in [0.5, 0.6) is 0 Å². The molecule has 0 radical (unpaired) electrons. The molecular weight excluding hydrogens is 260 g/mol. The van der Waals surface area contributed by atoms with Crippen molar-refractivity contribution in [2.24, 2.45) is 5.73 Å². The summed E-state index contributed by atoms with van der Waals surface area (Å²) in [7, 11) is 0. The van der Waals surface area contributed by atoms with Gasteiger partial charge in [0.1, 0.15) is 0 Å². The average molecular weight is 278 g/mol. The molecule has 20 heavy (non-hydrogen) atoms. The van der Waals surface area contributed by atoms with Crippen LogP contribution in [0.2, 0.25) is 0 Å². The molecule has 0 spiro atoms. The first-order valence-corrected chi connectivity index (χ1v) is 6.32. The molecule has 0 unspecified atom stereocenters. The molecule has 0 aliphatic carbocycles. The average Bonchev–Trinajstić information content (AvgIpc) is 2.94. The van der Waals surface area contributed by atoms with Crippen molar-refractivity contribution in [3.8, 4) is 0 Å². The number of rotatable bonds is 6. The van der Waals surface area contributed by atoms with E-state index in [-0.39, 0.29) is 11.9 Å². The Morgan fingerprint density at radius 2 is 2.30 bits per heavy atom. The summed E-state index contributed by atoms with van der Waals surface area (Å²) in [6.45, 7) is 7.15. The van der Waals surface area contributed by atoms with Gasteiger partial charge in [0.2, 0.25) is 0 Å². The van der Waals surface area contributed by atoms with E-state index >= 15 is 0 Å². The summed E-state index contributed by atoms with van der Waals surface area (Å²) in [6, 6.07) is 2.20. The lowest BCUT2D eigenvalue weighted by Crippen LogP contribution is -2.31. The van der Waals surface area contributed by atoms with Gasteiger partial charge >= 0.3 is 11.8 Å². The van der Waals surface area contributed by atoms with Crippen molar-refractivity contribution in [3.63, 3.8) is 0 Å². The Morgan fingerprint density at radius 3 is 2.85 bits per heavy atom. The summed E-state index contributed by atoms with van der Waals surface area (Å²) < 4.78 is 6.65. The highest BCUT2D eigenvalue weighted by molar-refractivity contribution is 5.87. The van der Waals surface area contributed by atoms with Gasteiger partial charge in [0.25, 0.3) is 0 Å². The number of amides is 1. The van der Waals surface area contributed by atoms with Crippen LogP contribution in [0.15, 0.2) is 10.6 Å². The zero-order chi connectivity index (χ0) is 14.7. The molecule has 8 nitrogen and oxygen atoms in total. The van der Waals surface area contributed by atoms with Gasteiger partial charge < -0.3 is 15.6 Å². The van der Waals surface area contributed by atoms with E-state index in [9.17, 15) is 4.79 Å². The monoisotopic (exact) mass is 278 g/mol. The maximum Gasteiger partial charge on any atom is 0.315 e. The zero-order valence-corrected chi connectivity index (χ0v) is 11.8. The summed E-state index contributed by atoms with van der Waals surface area (Å²) >= 11 is 0. The first-order chi connectivity index (χ1) is 9.45. The van der Waals surface area contributed by atoms with Crippen molar-refractivity contribution in [2.45, 2.75) is 39.9 Å². The fourth-order valence-corrected chi connectivity index (χ4v) is 1.88. The van der Waals surface area contributed by atoms with Crippen LogP contribution in [0.25, 0.3) is 0 Å². The molecule has 0 fully saturated rings. The Bertz CT molecular complexity index is 603. The SMILES string of the molecule is Cc1cc(C)n(C[C@@H](C)NCc2noc(C(N)=O)n2)n1. The van der Waals surface area contributed by atoms with Crippen LogP contribution in [-0.2, 0) is 13.1 Å². The van der Waals surface area contributed by atoms with Gasteiger partial charge in [-0.05, 0) is 26.8 Å². The van der Waals surface area contributed by atoms with Crippen LogP contribution >= 0.6 is 0 Å². The van der Waals surface area contributed by atoms with Gasteiger partial charge in [-0.2, -0.15) is 10.1 Å². The molecule has 2 rings (SSSR count). The molecule has 108 valence electrons. The minimum atomic E-state index is -0.723. The maximum absolute atomic E-state index is 10.8. The van der Waals surface area contributed by atoms with Crippen molar-refractivity contribution >= 4 is 5.91 Å². The summed E-state index contributed by atoms with van der Waals surface area (Å²) in [5, 5.41) is 11.3. The van der Waals surface area contributed by atoms with Crippen molar-refractivity contribution in [2.75, 3.05) is 0 Å². The Kier molecular flexibility index (Phi) is 4.14. The molecule has 2 aromatic rings. The molecule has 2 aromatic heterocycles. The lowest BCUT2D eigenvalue weighted by atomic mass is 10.3. The smallest absolute Gasteiger partial charge is 0.315 e. The van der Waals surface area contributed by atoms with Gasteiger partial charge in [0, 0.05) is 11.7 Å². The lowest BCUT2D eigenvalue weighted by Gasteiger charge is -2.13. The highest BCUT2D eigenvalue weighted by Gasteiger charge is 2.12. The summed E-state index contributed by atoms with van der Waals surface area (Å²) in [6.07, 6.45) is 0. The third-order valence-corrected chi connectivity index (χ3v) is 2.84. The topological polar surface area (TPSA) is 112 Å². The highest BCUT2D eigenvalue weighted by atomic mass is 16.5. The van der Waals surface area contributed by atoms with Gasteiger partial charge in [-0.25, -0.2) is 0 Å². The van der Waals surface area contributed by atoms with E-state index in [1.165, 1.54) is 0 Å². The first-order valence-electron chi connectivity index (χ1n) is 6.32. The number of hydrogen-bond donors (Lipinski definition) is 2. The molecule has 1 atom stereocenters. The lowest BCUT2D eigenvalue weighted by molar-refractivity contribution is 0.0958. The molecule has 0 aliphatic rings. The number of aryl methyl sites for hydroxylation is 2. The molecule has 0 aromatic carbocycles. The standard InChI is InChI=1S/C12H18N6O2/c1-7-4-9(3)18(16-7)6-8(2)14-5-10-15-12(11(13)19)20-17-10/h4,8,14H,5-6H2,1-3H3,(H2,13,19)/t8-/m1/s1. The van der Waals surface area contributed by atoms with Crippen LogP contribution in [0, 0.1) is 13.8 Å². The van der Waals surface area contributed by atoms with Crippen LogP contribution in [0.4, 0.5) is 0 Å². The van der Waals surface area contributed by atoms with Gasteiger partial charge in [-0.1, -0.05) is 5.16 Å².